The summed E-state index contributed by atoms with van der Waals surface area (Å²) >= 11 is 5.51. The molecule has 0 saturated heterocycles. The molecule has 0 aliphatic carbocycles. The highest BCUT2D eigenvalue weighted by Crippen LogP contribution is 2.31. The average Bonchev–Trinajstić information content (AvgIpc) is 2.43. The summed E-state index contributed by atoms with van der Waals surface area (Å²) < 4.78 is 1.14. The number of thioether (sulfide) groups is 1. The highest BCUT2D eigenvalue weighted by Gasteiger charge is 2.18. The summed E-state index contributed by atoms with van der Waals surface area (Å²) in [7, 11) is 4.22. The molecule has 0 saturated carbocycles. The fraction of sp³-hybridized carbons (Fsp3) is 0.600. The Kier molecular flexibility index (Phi) is 7.26. The molecule has 0 fully saturated rings. The summed E-state index contributed by atoms with van der Waals surface area (Å²) in [5.74, 6) is 1.16. The lowest BCUT2D eigenvalue weighted by molar-refractivity contribution is 0.632. The zero-order valence-electron chi connectivity index (χ0n) is 12.5. The van der Waals surface area contributed by atoms with Gasteiger partial charge in [0, 0.05) is 35.0 Å². The van der Waals surface area contributed by atoms with Gasteiger partial charge in [-0.3, -0.25) is 0 Å². The van der Waals surface area contributed by atoms with Gasteiger partial charge in [-0.05, 0) is 44.3 Å². The van der Waals surface area contributed by atoms with Gasteiger partial charge < -0.3 is 10.2 Å². The van der Waals surface area contributed by atoms with Crippen molar-refractivity contribution in [2.45, 2.75) is 32.4 Å². The number of nitrogens with zero attached hydrogens (tertiary/aromatic N) is 1. The van der Waals surface area contributed by atoms with E-state index in [0.717, 1.165) is 16.6 Å². The molecule has 1 N–H and O–H groups in total. The lowest BCUT2D eigenvalue weighted by Gasteiger charge is -2.32. The van der Waals surface area contributed by atoms with Crippen molar-refractivity contribution in [3.63, 3.8) is 0 Å². The molecule has 2 atom stereocenters. The molecule has 19 heavy (non-hydrogen) atoms. The van der Waals surface area contributed by atoms with Gasteiger partial charge in [0.05, 0.1) is 0 Å². The predicted octanol–water partition coefficient (Wildman–Crippen LogP) is 4.31. The zero-order valence-corrected chi connectivity index (χ0v) is 14.9. The van der Waals surface area contributed by atoms with Crippen molar-refractivity contribution in [1.29, 1.82) is 0 Å². The molecule has 0 radical (unpaired) electrons. The van der Waals surface area contributed by atoms with E-state index in [1.54, 1.807) is 0 Å². The highest BCUT2D eigenvalue weighted by atomic mass is 79.9. The van der Waals surface area contributed by atoms with Crippen LogP contribution in [-0.2, 0) is 0 Å². The van der Waals surface area contributed by atoms with Crippen LogP contribution in [0.4, 0.5) is 5.69 Å². The van der Waals surface area contributed by atoms with Gasteiger partial charge in [-0.15, -0.1) is 0 Å². The molecule has 4 heteroatoms. The van der Waals surface area contributed by atoms with E-state index in [9.17, 15) is 0 Å². The second-order valence-corrected chi connectivity index (χ2v) is 6.67. The molecule has 1 rings (SSSR count). The van der Waals surface area contributed by atoms with E-state index in [0.29, 0.717) is 12.1 Å². The van der Waals surface area contributed by atoms with Gasteiger partial charge in [-0.25, -0.2) is 0 Å². The molecule has 0 aliphatic heterocycles. The van der Waals surface area contributed by atoms with Crippen LogP contribution in [-0.4, -0.2) is 32.1 Å². The summed E-state index contributed by atoms with van der Waals surface area (Å²) in [6.07, 6.45) is 3.34. The predicted molar refractivity (Wildman–Crippen MR) is 92.5 cm³/mol. The Morgan fingerprint density at radius 2 is 2.11 bits per heavy atom. The topological polar surface area (TPSA) is 15.3 Å². The minimum absolute atomic E-state index is 0.359. The Hall–Kier alpha value is -0.190. The summed E-state index contributed by atoms with van der Waals surface area (Å²) in [5.41, 5.74) is 2.67. The van der Waals surface area contributed by atoms with E-state index >= 15 is 0 Å². The van der Waals surface area contributed by atoms with Crippen LogP contribution in [0.2, 0.25) is 0 Å². The lowest BCUT2D eigenvalue weighted by Crippen LogP contribution is -2.34. The normalized spacial score (nSPS) is 14.2. The van der Waals surface area contributed by atoms with Crippen molar-refractivity contribution in [1.82, 2.24) is 5.32 Å². The van der Waals surface area contributed by atoms with Crippen LogP contribution < -0.4 is 10.2 Å². The van der Waals surface area contributed by atoms with Gasteiger partial charge in [0.1, 0.15) is 0 Å². The minimum Gasteiger partial charge on any atom is -0.370 e. The zero-order chi connectivity index (χ0) is 14.4. The highest BCUT2D eigenvalue weighted by molar-refractivity contribution is 9.10. The average molecular weight is 345 g/mol. The molecule has 0 spiro atoms. The number of rotatable bonds is 7. The SMILES string of the molecule is CCC(CSC)N(C)c1cc(Br)ccc1C(C)NC. The lowest BCUT2D eigenvalue weighted by atomic mass is 10.0. The van der Waals surface area contributed by atoms with Crippen molar-refractivity contribution in [2.24, 2.45) is 0 Å². The van der Waals surface area contributed by atoms with Crippen molar-refractivity contribution in [3.8, 4) is 0 Å². The van der Waals surface area contributed by atoms with E-state index in [1.165, 1.54) is 11.3 Å². The quantitative estimate of drug-likeness (QED) is 0.793. The third kappa shape index (κ3) is 4.40. The van der Waals surface area contributed by atoms with Crippen LogP contribution in [0.15, 0.2) is 22.7 Å². The summed E-state index contributed by atoms with van der Waals surface area (Å²) in [6.45, 7) is 4.46. The number of benzene rings is 1. The van der Waals surface area contributed by atoms with Crippen LogP contribution >= 0.6 is 27.7 Å². The molecule has 0 heterocycles. The molecule has 1 aromatic rings. The maximum Gasteiger partial charge on any atom is 0.0426 e. The first-order chi connectivity index (χ1) is 9.04. The number of nitrogens with one attached hydrogen (secondary N) is 1. The molecule has 0 bridgehead atoms. The smallest absolute Gasteiger partial charge is 0.0426 e. The van der Waals surface area contributed by atoms with Gasteiger partial charge in [0.25, 0.3) is 0 Å². The number of hydrogen-bond acceptors (Lipinski definition) is 3. The first-order valence-electron chi connectivity index (χ1n) is 6.73. The maximum atomic E-state index is 3.59. The Balaban J connectivity index is 3.11. The van der Waals surface area contributed by atoms with E-state index in [-0.39, 0.29) is 0 Å². The third-order valence-corrected chi connectivity index (χ3v) is 4.86. The molecule has 2 unspecified atom stereocenters. The van der Waals surface area contributed by atoms with Crippen LogP contribution in [0.1, 0.15) is 31.9 Å². The summed E-state index contributed by atoms with van der Waals surface area (Å²) in [4.78, 5) is 2.42. The van der Waals surface area contributed by atoms with Crippen molar-refractivity contribution < 1.29 is 0 Å². The molecule has 0 amide bonds. The Morgan fingerprint density at radius 3 is 2.63 bits per heavy atom. The van der Waals surface area contributed by atoms with Gasteiger partial charge in [0.15, 0.2) is 0 Å². The first-order valence-corrected chi connectivity index (χ1v) is 8.92. The fourth-order valence-corrected chi connectivity index (χ4v) is 3.43. The van der Waals surface area contributed by atoms with Crippen LogP contribution in [0.25, 0.3) is 0 Å². The molecule has 0 aliphatic rings. The Bertz CT molecular complexity index is 398. The van der Waals surface area contributed by atoms with E-state index in [2.05, 4.69) is 71.5 Å². The van der Waals surface area contributed by atoms with E-state index < -0.39 is 0 Å². The Labute approximate surface area is 130 Å². The number of anilines is 1. The second-order valence-electron chi connectivity index (χ2n) is 4.84. The number of hydrogen-bond donors (Lipinski definition) is 1. The molecule has 108 valence electrons. The standard InChI is InChI=1S/C15H25BrN2S/c1-6-13(10-19-5)18(4)15-9-12(16)7-8-14(15)11(2)17-3/h7-9,11,13,17H,6,10H2,1-5H3. The van der Waals surface area contributed by atoms with Crippen molar-refractivity contribution >= 4 is 33.4 Å². The van der Waals surface area contributed by atoms with Crippen LogP contribution in [0, 0.1) is 0 Å². The molecule has 0 aromatic heterocycles. The molecule has 2 nitrogen and oxygen atoms in total. The monoisotopic (exact) mass is 344 g/mol. The summed E-state index contributed by atoms with van der Waals surface area (Å²) in [6, 6.07) is 7.50. The van der Waals surface area contributed by atoms with Gasteiger partial charge in [-0.2, -0.15) is 11.8 Å². The second kappa shape index (κ2) is 8.18. The van der Waals surface area contributed by atoms with Crippen LogP contribution in [0.5, 0.6) is 0 Å². The van der Waals surface area contributed by atoms with Gasteiger partial charge >= 0.3 is 0 Å². The summed E-state index contributed by atoms with van der Waals surface area (Å²) in [5, 5.41) is 3.34. The number of halogens is 1. The third-order valence-electron chi connectivity index (χ3n) is 3.65. The largest absolute Gasteiger partial charge is 0.370 e. The van der Waals surface area contributed by atoms with Crippen molar-refractivity contribution in [3.05, 3.63) is 28.2 Å². The first kappa shape index (κ1) is 16.9. The van der Waals surface area contributed by atoms with Gasteiger partial charge in [-0.1, -0.05) is 28.9 Å². The van der Waals surface area contributed by atoms with E-state index in [1.807, 2.05) is 18.8 Å². The molecular formula is C15H25BrN2S. The molecule has 1 aromatic carbocycles. The van der Waals surface area contributed by atoms with Crippen molar-refractivity contribution in [2.75, 3.05) is 31.0 Å². The minimum atomic E-state index is 0.359. The maximum absolute atomic E-state index is 3.59. The van der Waals surface area contributed by atoms with Gasteiger partial charge in [0.2, 0.25) is 0 Å². The fourth-order valence-electron chi connectivity index (χ4n) is 2.24. The van der Waals surface area contributed by atoms with E-state index in [4.69, 9.17) is 0 Å². The Morgan fingerprint density at radius 1 is 1.42 bits per heavy atom. The van der Waals surface area contributed by atoms with Crippen LogP contribution in [0.3, 0.4) is 0 Å². The molecular weight excluding hydrogens is 320 g/mol.